The third kappa shape index (κ3) is 3.08. The summed E-state index contributed by atoms with van der Waals surface area (Å²) < 4.78 is 38.6. The van der Waals surface area contributed by atoms with Crippen molar-refractivity contribution >= 4 is 11.3 Å². The van der Waals surface area contributed by atoms with Gasteiger partial charge in [0, 0.05) is 24.2 Å². The van der Waals surface area contributed by atoms with Gasteiger partial charge < -0.3 is 5.32 Å². The van der Waals surface area contributed by atoms with Crippen LogP contribution in [-0.2, 0) is 13.1 Å². The number of benzene rings is 1. The molecule has 0 unspecified atom stereocenters. The smallest absolute Gasteiger partial charge is 0.194 e. The number of nitrogens with one attached hydrogen (secondary N) is 1. The highest BCUT2D eigenvalue weighted by atomic mass is 32.1. The molecule has 18 heavy (non-hydrogen) atoms. The highest BCUT2D eigenvalue weighted by Crippen LogP contribution is 2.14. The van der Waals surface area contributed by atoms with Gasteiger partial charge in [-0.2, -0.15) is 0 Å². The molecule has 0 bridgehead atoms. The zero-order valence-corrected chi connectivity index (χ0v) is 10.5. The summed E-state index contributed by atoms with van der Waals surface area (Å²) in [6, 6.07) is 1.97. The summed E-state index contributed by atoms with van der Waals surface area (Å²) in [6.45, 7) is 2.72. The first-order valence-electron chi connectivity index (χ1n) is 5.31. The van der Waals surface area contributed by atoms with Gasteiger partial charge in [0.15, 0.2) is 17.5 Å². The normalized spacial score (nSPS) is 10.9. The van der Waals surface area contributed by atoms with Gasteiger partial charge in [0.25, 0.3) is 0 Å². The molecule has 0 aliphatic carbocycles. The minimum atomic E-state index is -1.44. The molecule has 2 nitrogen and oxygen atoms in total. The predicted octanol–water partition coefficient (Wildman–Crippen LogP) is 3.16. The Bertz CT molecular complexity index is 531. The minimum Gasteiger partial charge on any atom is -0.306 e. The zero-order valence-electron chi connectivity index (χ0n) is 9.64. The molecule has 0 saturated carbocycles. The second-order valence-corrected chi connectivity index (χ2v) is 5.16. The fraction of sp³-hybridized carbons (Fsp3) is 0.250. The Hall–Kier alpha value is -1.40. The van der Waals surface area contributed by atoms with Crippen LogP contribution in [0.15, 0.2) is 18.3 Å². The van der Waals surface area contributed by atoms with E-state index >= 15 is 0 Å². The van der Waals surface area contributed by atoms with Gasteiger partial charge in [-0.3, -0.25) is 0 Å². The lowest BCUT2D eigenvalue weighted by Gasteiger charge is -2.04. The Kier molecular flexibility index (Phi) is 3.98. The maximum atomic E-state index is 12.9. The first kappa shape index (κ1) is 13.0. The summed E-state index contributed by atoms with van der Waals surface area (Å²) in [5.74, 6) is -3.77. The summed E-state index contributed by atoms with van der Waals surface area (Å²) in [5.41, 5.74) is 0.361. The van der Waals surface area contributed by atoms with E-state index in [-0.39, 0.29) is 6.54 Å². The molecule has 0 saturated heterocycles. The first-order valence-corrected chi connectivity index (χ1v) is 6.13. The van der Waals surface area contributed by atoms with Crippen LogP contribution in [-0.4, -0.2) is 4.98 Å². The van der Waals surface area contributed by atoms with Crippen molar-refractivity contribution in [1.29, 1.82) is 0 Å². The van der Waals surface area contributed by atoms with Gasteiger partial charge in [-0.25, -0.2) is 18.2 Å². The van der Waals surface area contributed by atoms with E-state index in [1.807, 2.05) is 6.92 Å². The molecule has 2 rings (SSSR count). The molecular weight excluding hydrogens is 261 g/mol. The van der Waals surface area contributed by atoms with E-state index in [1.54, 1.807) is 17.5 Å². The summed E-state index contributed by atoms with van der Waals surface area (Å²) in [4.78, 5) is 5.25. The van der Waals surface area contributed by atoms with Crippen molar-refractivity contribution in [1.82, 2.24) is 10.3 Å². The SMILES string of the molecule is Cc1cnc(CNCc2cc(F)c(F)c(F)c2)s1. The van der Waals surface area contributed by atoms with Crippen LogP contribution in [0.1, 0.15) is 15.4 Å². The van der Waals surface area contributed by atoms with Crippen LogP contribution in [0.25, 0.3) is 0 Å². The summed E-state index contributed by atoms with van der Waals surface area (Å²) in [5, 5.41) is 3.90. The van der Waals surface area contributed by atoms with Crippen LogP contribution >= 0.6 is 11.3 Å². The molecule has 1 aromatic carbocycles. The van der Waals surface area contributed by atoms with E-state index in [2.05, 4.69) is 10.3 Å². The van der Waals surface area contributed by atoms with Crippen molar-refractivity contribution in [2.24, 2.45) is 0 Å². The largest absolute Gasteiger partial charge is 0.306 e. The molecule has 96 valence electrons. The Morgan fingerprint density at radius 2 is 1.83 bits per heavy atom. The Morgan fingerprint density at radius 1 is 1.17 bits per heavy atom. The van der Waals surface area contributed by atoms with E-state index in [0.29, 0.717) is 12.1 Å². The highest BCUT2D eigenvalue weighted by Gasteiger charge is 2.10. The number of aryl methyl sites for hydroxylation is 1. The van der Waals surface area contributed by atoms with E-state index in [9.17, 15) is 13.2 Å². The molecule has 0 aliphatic heterocycles. The maximum absolute atomic E-state index is 12.9. The first-order chi connectivity index (χ1) is 8.56. The van der Waals surface area contributed by atoms with Crippen LogP contribution in [0.5, 0.6) is 0 Å². The second-order valence-electron chi connectivity index (χ2n) is 3.84. The van der Waals surface area contributed by atoms with Gasteiger partial charge in [0.2, 0.25) is 0 Å². The summed E-state index contributed by atoms with van der Waals surface area (Å²) in [6.07, 6.45) is 1.76. The molecule has 0 radical (unpaired) electrons. The molecular formula is C12H11F3N2S. The van der Waals surface area contributed by atoms with Gasteiger partial charge in [0.05, 0.1) is 0 Å². The number of hydrogen-bond donors (Lipinski definition) is 1. The van der Waals surface area contributed by atoms with Crippen molar-refractivity contribution in [3.05, 3.63) is 51.2 Å². The number of hydrogen-bond acceptors (Lipinski definition) is 3. The lowest BCUT2D eigenvalue weighted by Crippen LogP contribution is -2.13. The molecule has 1 heterocycles. The Morgan fingerprint density at radius 3 is 2.39 bits per heavy atom. The fourth-order valence-corrected chi connectivity index (χ4v) is 2.26. The van der Waals surface area contributed by atoms with Gasteiger partial charge in [-0.15, -0.1) is 11.3 Å². The fourth-order valence-electron chi connectivity index (χ4n) is 1.51. The van der Waals surface area contributed by atoms with Crippen LogP contribution < -0.4 is 5.32 Å². The lowest BCUT2D eigenvalue weighted by molar-refractivity contribution is 0.444. The van der Waals surface area contributed by atoms with Crippen LogP contribution in [0, 0.1) is 24.4 Å². The molecule has 1 N–H and O–H groups in total. The van der Waals surface area contributed by atoms with Gasteiger partial charge in [0.1, 0.15) is 5.01 Å². The van der Waals surface area contributed by atoms with Crippen LogP contribution in [0.3, 0.4) is 0 Å². The Balaban J connectivity index is 1.94. The van der Waals surface area contributed by atoms with Gasteiger partial charge in [-0.1, -0.05) is 0 Å². The van der Waals surface area contributed by atoms with E-state index in [0.717, 1.165) is 22.0 Å². The number of thiazole rings is 1. The average molecular weight is 272 g/mol. The van der Waals surface area contributed by atoms with Crippen LogP contribution in [0.2, 0.25) is 0 Å². The molecule has 0 amide bonds. The molecule has 2 aromatic rings. The van der Waals surface area contributed by atoms with Crippen molar-refractivity contribution < 1.29 is 13.2 Å². The average Bonchev–Trinajstić information content (AvgIpc) is 2.72. The van der Waals surface area contributed by atoms with Crippen molar-refractivity contribution in [2.75, 3.05) is 0 Å². The third-order valence-electron chi connectivity index (χ3n) is 2.32. The second kappa shape index (κ2) is 5.49. The number of rotatable bonds is 4. The van der Waals surface area contributed by atoms with E-state index in [4.69, 9.17) is 0 Å². The zero-order chi connectivity index (χ0) is 13.1. The number of aromatic nitrogens is 1. The quantitative estimate of drug-likeness (QED) is 0.865. The monoisotopic (exact) mass is 272 g/mol. The van der Waals surface area contributed by atoms with E-state index in [1.165, 1.54) is 0 Å². The molecule has 1 aromatic heterocycles. The van der Waals surface area contributed by atoms with E-state index < -0.39 is 17.5 Å². The predicted molar refractivity (Wildman–Crippen MR) is 63.7 cm³/mol. The summed E-state index contributed by atoms with van der Waals surface area (Å²) >= 11 is 1.55. The molecule has 6 heteroatoms. The summed E-state index contributed by atoms with van der Waals surface area (Å²) in [7, 11) is 0. The minimum absolute atomic E-state index is 0.257. The van der Waals surface area contributed by atoms with Crippen molar-refractivity contribution in [3.8, 4) is 0 Å². The topological polar surface area (TPSA) is 24.9 Å². The van der Waals surface area contributed by atoms with Crippen LogP contribution in [0.4, 0.5) is 13.2 Å². The van der Waals surface area contributed by atoms with Gasteiger partial charge in [-0.05, 0) is 24.6 Å². The molecule has 0 aliphatic rings. The highest BCUT2D eigenvalue weighted by molar-refractivity contribution is 7.11. The standard InChI is InChI=1S/C12H11F3N2S/c1-7-4-17-11(18-7)6-16-5-8-2-9(13)12(15)10(14)3-8/h2-4,16H,5-6H2,1H3. The molecule has 0 atom stereocenters. The Labute approximate surface area is 106 Å². The lowest BCUT2D eigenvalue weighted by atomic mass is 10.2. The molecule has 0 spiro atoms. The number of nitrogens with zero attached hydrogens (tertiary/aromatic N) is 1. The van der Waals surface area contributed by atoms with Crippen molar-refractivity contribution in [3.63, 3.8) is 0 Å². The van der Waals surface area contributed by atoms with Crippen molar-refractivity contribution in [2.45, 2.75) is 20.0 Å². The number of halogens is 3. The van der Waals surface area contributed by atoms with Gasteiger partial charge >= 0.3 is 0 Å². The maximum Gasteiger partial charge on any atom is 0.194 e. The third-order valence-corrected chi connectivity index (χ3v) is 3.23. The molecule has 0 fully saturated rings.